The molecule has 2 unspecified atom stereocenters. The quantitative estimate of drug-likeness (QED) is 0.322. The average Bonchev–Trinajstić information content (AvgIpc) is 2.54. The molecule has 134 valence electrons. The van der Waals surface area contributed by atoms with Crippen molar-refractivity contribution < 1.29 is 4.79 Å². The number of nitrogens with one attached hydrogen (secondary N) is 2. The minimum absolute atomic E-state index is 0. The number of carbonyl (C=O) groups is 1. The largest absolute Gasteiger partial charge is 0.354 e. The van der Waals surface area contributed by atoms with Crippen LogP contribution in [0, 0.1) is 11.8 Å². The lowest BCUT2D eigenvalue weighted by Crippen LogP contribution is -2.49. The smallest absolute Gasteiger partial charge is 0.252 e. The molecule has 1 aliphatic heterocycles. The molecule has 0 aromatic carbocycles. The first-order valence-corrected chi connectivity index (χ1v) is 8.24. The summed E-state index contributed by atoms with van der Waals surface area (Å²) in [6.45, 7) is 7.83. The van der Waals surface area contributed by atoms with Crippen LogP contribution in [0.15, 0.2) is 29.5 Å². The third-order valence-electron chi connectivity index (χ3n) is 4.00. The van der Waals surface area contributed by atoms with Crippen LogP contribution >= 0.6 is 24.0 Å². The molecular weight excluding hydrogens is 417 g/mol. The molecule has 0 aliphatic carbocycles. The number of hydrogen-bond acceptors (Lipinski definition) is 3. The molecule has 2 heterocycles. The van der Waals surface area contributed by atoms with Crippen LogP contribution in [0.4, 0.5) is 0 Å². The van der Waals surface area contributed by atoms with E-state index in [0.717, 1.165) is 19.0 Å². The molecule has 2 rings (SSSR count). The topological polar surface area (TPSA) is 69.6 Å². The molecule has 0 spiro atoms. The van der Waals surface area contributed by atoms with E-state index in [4.69, 9.17) is 0 Å². The van der Waals surface area contributed by atoms with Gasteiger partial charge in [-0.3, -0.25) is 14.8 Å². The molecule has 1 aliphatic rings. The summed E-state index contributed by atoms with van der Waals surface area (Å²) in [6.07, 6.45) is 4.50. The predicted octanol–water partition coefficient (Wildman–Crippen LogP) is 1.98. The molecule has 1 amide bonds. The number of piperidine rings is 1. The zero-order valence-corrected chi connectivity index (χ0v) is 17.0. The lowest BCUT2D eigenvalue weighted by atomic mass is 9.92. The Kier molecular flexibility index (Phi) is 9.02. The summed E-state index contributed by atoms with van der Waals surface area (Å²) in [5.74, 6) is 2.18. The van der Waals surface area contributed by atoms with Crippen molar-refractivity contribution in [2.24, 2.45) is 16.8 Å². The lowest BCUT2D eigenvalue weighted by molar-refractivity contribution is 0.0954. The number of amides is 1. The molecule has 1 aromatic heterocycles. The van der Waals surface area contributed by atoms with Gasteiger partial charge in [0.25, 0.3) is 5.91 Å². The number of carbonyl (C=O) groups excluding carboxylic acids is 1. The summed E-state index contributed by atoms with van der Waals surface area (Å²) in [7, 11) is 1.81. The van der Waals surface area contributed by atoms with Gasteiger partial charge in [-0.1, -0.05) is 13.8 Å². The molecule has 1 aromatic rings. The van der Waals surface area contributed by atoms with Crippen LogP contribution < -0.4 is 10.6 Å². The van der Waals surface area contributed by atoms with E-state index < -0.39 is 0 Å². The summed E-state index contributed by atoms with van der Waals surface area (Å²) < 4.78 is 0. The van der Waals surface area contributed by atoms with Crippen LogP contribution in [0.3, 0.4) is 0 Å². The Bertz CT molecular complexity index is 527. The number of rotatable bonds is 4. The minimum Gasteiger partial charge on any atom is -0.354 e. The fourth-order valence-corrected chi connectivity index (χ4v) is 3.12. The van der Waals surface area contributed by atoms with Crippen molar-refractivity contribution in [2.45, 2.75) is 20.3 Å². The molecule has 1 saturated heterocycles. The number of aromatic nitrogens is 1. The second-order valence-corrected chi connectivity index (χ2v) is 6.32. The van der Waals surface area contributed by atoms with Crippen molar-refractivity contribution in [3.8, 4) is 0 Å². The summed E-state index contributed by atoms with van der Waals surface area (Å²) in [5.41, 5.74) is 0.579. The van der Waals surface area contributed by atoms with Gasteiger partial charge >= 0.3 is 0 Å². The van der Waals surface area contributed by atoms with Gasteiger partial charge in [-0.15, -0.1) is 24.0 Å². The third kappa shape index (κ3) is 6.26. The first kappa shape index (κ1) is 20.7. The average molecular weight is 445 g/mol. The highest BCUT2D eigenvalue weighted by atomic mass is 127. The second kappa shape index (κ2) is 10.5. The number of nitrogens with zero attached hydrogens (tertiary/aromatic N) is 3. The number of pyridine rings is 1. The van der Waals surface area contributed by atoms with E-state index in [1.165, 1.54) is 6.42 Å². The van der Waals surface area contributed by atoms with Crippen molar-refractivity contribution in [3.63, 3.8) is 0 Å². The van der Waals surface area contributed by atoms with E-state index in [0.29, 0.717) is 30.5 Å². The number of aliphatic imine (C=N–C) groups is 1. The Morgan fingerprint density at radius 1 is 1.29 bits per heavy atom. The molecule has 2 atom stereocenters. The van der Waals surface area contributed by atoms with Gasteiger partial charge in [-0.05, 0) is 30.4 Å². The molecule has 24 heavy (non-hydrogen) atoms. The van der Waals surface area contributed by atoms with E-state index in [-0.39, 0.29) is 29.9 Å². The Balaban J connectivity index is 0.00000288. The third-order valence-corrected chi connectivity index (χ3v) is 4.00. The predicted molar refractivity (Wildman–Crippen MR) is 108 cm³/mol. The summed E-state index contributed by atoms with van der Waals surface area (Å²) in [5, 5.41) is 6.22. The van der Waals surface area contributed by atoms with Crippen LogP contribution in [0.2, 0.25) is 0 Å². The zero-order valence-electron chi connectivity index (χ0n) is 14.7. The van der Waals surface area contributed by atoms with Crippen LogP contribution in [0.1, 0.15) is 30.6 Å². The van der Waals surface area contributed by atoms with Gasteiger partial charge in [0, 0.05) is 45.6 Å². The number of guanidine groups is 1. The molecule has 1 fully saturated rings. The van der Waals surface area contributed by atoms with Gasteiger partial charge in [0.05, 0.1) is 5.56 Å². The van der Waals surface area contributed by atoms with Crippen LogP contribution in [0.5, 0.6) is 0 Å². The molecule has 7 heteroatoms. The number of likely N-dealkylation sites (tertiary alicyclic amines) is 1. The summed E-state index contributed by atoms with van der Waals surface area (Å²) >= 11 is 0. The van der Waals surface area contributed by atoms with E-state index in [2.05, 4.69) is 39.4 Å². The number of hydrogen-bond donors (Lipinski definition) is 2. The molecule has 0 bridgehead atoms. The van der Waals surface area contributed by atoms with Gasteiger partial charge in [0.2, 0.25) is 0 Å². The Hall–Kier alpha value is -1.38. The van der Waals surface area contributed by atoms with Crippen LogP contribution in [-0.4, -0.2) is 55.0 Å². The first-order valence-electron chi connectivity index (χ1n) is 8.24. The van der Waals surface area contributed by atoms with Crippen molar-refractivity contribution in [1.82, 2.24) is 20.5 Å². The molecule has 0 saturated carbocycles. The van der Waals surface area contributed by atoms with Crippen molar-refractivity contribution in [2.75, 3.05) is 33.2 Å². The van der Waals surface area contributed by atoms with Gasteiger partial charge in [-0.2, -0.15) is 0 Å². The summed E-state index contributed by atoms with van der Waals surface area (Å²) in [6, 6.07) is 3.51. The van der Waals surface area contributed by atoms with E-state index in [1.807, 2.05) is 0 Å². The highest BCUT2D eigenvalue weighted by Crippen LogP contribution is 2.20. The molecule has 6 nitrogen and oxygen atoms in total. The first-order chi connectivity index (χ1) is 11.1. The Morgan fingerprint density at radius 3 is 2.54 bits per heavy atom. The van der Waals surface area contributed by atoms with Crippen molar-refractivity contribution in [1.29, 1.82) is 0 Å². The fourth-order valence-electron chi connectivity index (χ4n) is 3.12. The van der Waals surface area contributed by atoms with Gasteiger partial charge in [-0.25, -0.2) is 0 Å². The van der Waals surface area contributed by atoms with Crippen LogP contribution in [-0.2, 0) is 0 Å². The Morgan fingerprint density at radius 2 is 1.96 bits per heavy atom. The van der Waals surface area contributed by atoms with Crippen molar-refractivity contribution >= 4 is 35.8 Å². The van der Waals surface area contributed by atoms with Gasteiger partial charge in [0.1, 0.15) is 0 Å². The molecule has 0 radical (unpaired) electrons. The van der Waals surface area contributed by atoms with E-state index in [1.54, 1.807) is 31.6 Å². The standard InChI is InChI=1S/C17H27N5O.HI/c1-13-9-14(2)12-22(11-13)17(18-3)21-8-7-20-16(23)15-5-4-6-19-10-15;/h4-6,10,13-14H,7-9,11-12H2,1-3H3,(H,18,21)(H,20,23);1H. The fraction of sp³-hybridized carbons (Fsp3) is 0.588. The van der Waals surface area contributed by atoms with E-state index in [9.17, 15) is 4.79 Å². The Labute approximate surface area is 161 Å². The van der Waals surface area contributed by atoms with E-state index >= 15 is 0 Å². The monoisotopic (exact) mass is 445 g/mol. The minimum atomic E-state index is -0.102. The molecule has 2 N–H and O–H groups in total. The highest BCUT2D eigenvalue weighted by Gasteiger charge is 2.23. The van der Waals surface area contributed by atoms with Gasteiger partial charge < -0.3 is 15.5 Å². The maximum atomic E-state index is 11.9. The summed E-state index contributed by atoms with van der Waals surface area (Å²) in [4.78, 5) is 22.5. The normalized spacial score (nSPS) is 21.0. The number of halogens is 1. The second-order valence-electron chi connectivity index (χ2n) is 6.32. The maximum absolute atomic E-state index is 11.9. The zero-order chi connectivity index (χ0) is 16.7. The van der Waals surface area contributed by atoms with Gasteiger partial charge in [0.15, 0.2) is 5.96 Å². The van der Waals surface area contributed by atoms with Crippen LogP contribution in [0.25, 0.3) is 0 Å². The van der Waals surface area contributed by atoms with Crippen molar-refractivity contribution in [3.05, 3.63) is 30.1 Å². The lowest BCUT2D eigenvalue weighted by Gasteiger charge is -2.37. The molecular formula is C17H28IN5O. The SMILES string of the molecule is CN=C(NCCNC(=O)c1cccnc1)N1CC(C)CC(C)C1.I. The maximum Gasteiger partial charge on any atom is 0.252 e. The highest BCUT2D eigenvalue weighted by molar-refractivity contribution is 14.0.